The van der Waals surface area contributed by atoms with E-state index in [1.165, 1.54) is 11.3 Å². The molecule has 0 spiro atoms. The highest BCUT2D eigenvalue weighted by atomic mass is 35.5. The average Bonchev–Trinajstić information content (AvgIpc) is 3.42. The SMILES string of the molecule is CC.CC.CCOCCN1CCN(c2cc(Nc3ncc(C(=O)Nc4c(C)cccc4Cl)s3)nc(C)n2)CC1. The molecule has 214 valence electrons. The number of thiazole rings is 1. The van der Waals surface area contributed by atoms with Crippen LogP contribution < -0.4 is 15.5 Å². The van der Waals surface area contributed by atoms with E-state index in [0.29, 0.717) is 32.4 Å². The second-order valence-corrected chi connectivity index (χ2v) is 9.66. The number of rotatable bonds is 9. The van der Waals surface area contributed by atoms with Gasteiger partial charge in [-0.25, -0.2) is 15.0 Å². The number of amides is 1. The van der Waals surface area contributed by atoms with Crippen LogP contribution in [0.15, 0.2) is 30.5 Å². The van der Waals surface area contributed by atoms with Crippen molar-refractivity contribution in [2.24, 2.45) is 0 Å². The minimum Gasteiger partial charge on any atom is -0.380 e. The number of anilines is 4. The molecule has 0 atom stereocenters. The van der Waals surface area contributed by atoms with E-state index in [0.717, 1.165) is 57.3 Å². The van der Waals surface area contributed by atoms with Gasteiger partial charge in [0.15, 0.2) is 5.13 Å². The summed E-state index contributed by atoms with van der Waals surface area (Å²) in [5.41, 5.74) is 1.50. The predicted molar refractivity (Wildman–Crippen MR) is 164 cm³/mol. The third-order valence-corrected chi connectivity index (χ3v) is 6.93. The molecule has 0 aliphatic carbocycles. The monoisotopic (exact) mass is 575 g/mol. The molecule has 39 heavy (non-hydrogen) atoms. The minimum atomic E-state index is -0.256. The highest BCUT2D eigenvalue weighted by Crippen LogP contribution is 2.28. The van der Waals surface area contributed by atoms with E-state index in [4.69, 9.17) is 16.3 Å². The first-order chi connectivity index (χ1) is 18.9. The van der Waals surface area contributed by atoms with Crippen molar-refractivity contribution >= 4 is 51.3 Å². The molecule has 9 nitrogen and oxygen atoms in total. The van der Waals surface area contributed by atoms with Crippen LogP contribution in [-0.4, -0.2) is 71.7 Å². The number of para-hydroxylation sites is 1. The van der Waals surface area contributed by atoms with Gasteiger partial charge in [-0.15, -0.1) is 0 Å². The van der Waals surface area contributed by atoms with Gasteiger partial charge in [-0.3, -0.25) is 9.69 Å². The van der Waals surface area contributed by atoms with Crippen molar-refractivity contribution in [2.75, 3.05) is 61.5 Å². The maximum Gasteiger partial charge on any atom is 0.267 e. The summed E-state index contributed by atoms with van der Waals surface area (Å²) >= 11 is 7.49. The van der Waals surface area contributed by atoms with Gasteiger partial charge in [-0.05, 0) is 32.4 Å². The lowest BCUT2D eigenvalue weighted by atomic mass is 10.2. The number of hydrogen-bond donors (Lipinski definition) is 2. The number of piperazine rings is 1. The second kappa shape index (κ2) is 17.0. The van der Waals surface area contributed by atoms with Crippen LogP contribution in [0.25, 0.3) is 0 Å². The molecule has 0 radical (unpaired) electrons. The Bertz CT molecular complexity index is 1150. The van der Waals surface area contributed by atoms with E-state index in [-0.39, 0.29) is 5.91 Å². The van der Waals surface area contributed by atoms with Crippen molar-refractivity contribution in [1.29, 1.82) is 0 Å². The van der Waals surface area contributed by atoms with Crippen molar-refractivity contribution < 1.29 is 9.53 Å². The van der Waals surface area contributed by atoms with Crippen LogP contribution in [0, 0.1) is 13.8 Å². The van der Waals surface area contributed by atoms with Gasteiger partial charge in [0.1, 0.15) is 22.3 Å². The molecule has 1 aliphatic heterocycles. The quantitative estimate of drug-likeness (QED) is 0.283. The van der Waals surface area contributed by atoms with E-state index in [1.54, 1.807) is 12.3 Å². The maximum atomic E-state index is 12.7. The topological polar surface area (TPSA) is 95.5 Å². The van der Waals surface area contributed by atoms with Crippen molar-refractivity contribution in [1.82, 2.24) is 19.9 Å². The molecule has 1 fully saturated rings. The molecule has 3 aromatic rings. The number of benzene rings is 1. The summed E-state index contributed by atoms with van der Waals surface area (Å²) in [5, 5.41) is 7.19. The second-order valence-electron chi connectivity index (χ2n) is 8.22. The van der Waals surface area contributed by atoms with Crippen molar-refractivity contribution in [2.45, 2.75) is 48.5 Å². The number of aryl methyl sites for hydroxylation is 2. The summed E-state index contributed by atoms with van der Waals surface area (Å²) in [7, 11) is 0. The van der Waals surface area contributed by atoms with Crippen LogP contribution >= 0.6 is 22.9 Å². The Morgan fingerprint density at radius 2 is 1.82 bits per heavy atom. The fourth-order valence-corrected chi connectivity index (χ4v) is 4.82. The first-order valence-electron chi connectivity index (χ1n) is 13.6. The predicted octanol–water partition coefficient (Wildman–Crippen LogP) is 6.41. The lowest BCUT2D eigenvalue weighted by molar-refractivity contribution is 0.103. The summed E-state index contributed by atoms with van der Waals surface area (Å²) in [6.45, 7) is 20.0. The molecule has 1 aliphatic rings. The Kier molecular flexibility index (Phi) is 14.1. The van der Waals surface area contributed by atoms with Gasteiger partial charge in [0, 0.05) is 45.4 Å². The van der Waals surface area contributed by atoms with Gasteiger partial charge in [-0.1, -0.05) is 62.8 Å². The van der Waals surface area contributed by atoms with E-state index in [9.17, 15) is 4.79 Å². The zero-order valence-corrected chi connectivity index (χ0v) is 25.7. The number of hydrogen-bond acceptors (Lipinski definition) is 9. The normalized spacial score (nSPS) is 13.1. The van der Waals surface area contributed by atoms with Crippen LogP contribution in [0.4, 0.5) is 22.5 Å². The maximum absolute atomic E-state index is 12.7. The van der Waals surface area contributed by atoms with E-state index in [2.05, 4.69) is 35.4 Å². The third kappa shape index (κ3) is 9.72. The van der Waals surface area contributed by atoms with Crippen LogP contribution in [0.5, 0.6) is 0 Å². The average molecular weight is 576 g/mol. The molecule has 2 N–H and O–H groups in total. The fraction of sp³-hybridized carbons (Fsp3) is 0.500. The number of nitrogens with one attached hydrogen (secondary N) is 2. The van der Waals surface area contributed by atoms with E-state index >= 15 is 0 Å². The molecular weight excluding hydrogens is 534 g/mol. The van der Waals surface area contributed by atoms with Crippen LogP contribution in [0.1, 0.15) is 55.7 Å². The summed E-state index contributed by atoms with van der Waals surface area (Å²) in [6.07, 6.45) is 1.55. The summed E-state index contributed by atoms with van der Waals surface area (Å²) in [5.74, 6) is 1.95. The number of carbonyl (C=O) groups is 1. The molecule has 0 bridgehead atoms. The molecule has 0 saturated carbocycles. The van der Waals surface area contributed by atoms with Gasteiger partial charge in [0.25, 0.3) is 5.91 Å². The van der Waals surface area contributed by atoms with Crippen molar-refractivity contribution in [3.63, 3.8) is 0 Å². The fourth-order valence-electron chi connectivity index (χ4n) is 3.83. The Hall–Kier alpha value is -2.79. The van der Waals surface area contributed by atoms with Gasteiger partial charge in [-0.2, -0.15) is 0 Å². The van der Waals surface area contributed by atoms with Crippen molar-refractivity contribution in [3.05, 3.63) is 51.7 Å². The molecule has 1 aromatic carbocycles. The van der Waals surface area contributed by atoms with Gasteiger partial charge >= 0.3 is 0 Å². The van der Waals surface area contributed by atoms with Crippen LogP contribution in [0.3, 0.4) is 0 Å². The standard InChI is InChI=1S/C24H30ClN7O2S.2C2H6/c1-4-34-13-12-31-8-10-32(11-9-31)21-14-20(27-17(3)28-21)29-24-26-15-19(35-24)23(33)30-22-16(2)6-5-7-18(22)25;2*1-2/h5-7,14-15H,4,8-13H2,1-3H3,(H,30,33)(H,26,27,28,29);2*1-2H3. The zero-order valence-electron chi connectivity index (χ0n) is 24.2. The highest BCUT2D eigenvalue weighted by molar-refractivity contribution is 7.17. The molecule has 1 amide bonds. The van der Waals surface area contributed by atoms with Gasteiger partial charge in [0.05, 0.1) is 23.5 Å². The van der Waals surface area contributed by atoms with Crippen molar-refractivity contribution in [3.8, 4) is 0 Å². The molecular formula is C28H42ClN7O2S. The molecule has 0 unspecified atom stereocenters. The Morgan fingerprint density at radius 1 is 1.10 bits per heavy atom. The third-order valence-electron chi connectivity index (χ3n) is 5.70. The van der Waals surface area contributed by atoms with Crippen LogP contribution in [0.2, 0.25) is 5.02 Å². The molecule has 3 heterocycles. The van der Waals surface area contributed by atoms with Crippen LogP contribution in [-0.2, 0) is 4.74 Å². The van der Waals surface area contributed by atoms with E-state index < -0.39 is 0 Å². The number of carbonyl (C=O) groups excluding carboxylic acids is 1. The highest BCUT2D eigenvalue weighted by Gasteiger charge is 2.19. The molecule has 11 heteroatoms. The number of halogens is 1. The Labute approximate surface area is 242 Å². The lowest BCUT2D eigenvalue weighted by Gasteiger charge is -2.35. The Balaban J connectivity index is 0.00000127. The number of ether oxygens (including phenoxy) is 1. The lowest BCUT2D eigenvalue weighted by Crippen LogP contribution is -2.47. The first-order valence-corrected chi connectivity index (χ1v) is 14.8. The van der Waals surface area contributed by atoms with Gasteiger partial charge in [0.2, 0.25) is 0 Å². The molecule has 4 rings (SSSR count). The molecule has 2 aromatic heterocycles. The molecule has 1 saturated heterocycles. The Morgan fingerprint density at radius 3 is 2.49 bits per heavy atom. The zero-order chi connectivity index (χ0) is 28.8. The number of nitrogens with zero attached hydrogens (tertiary/aromatic N) is 5. The summed E-state index contributed by atoms with van der Waals surface area (Å²) < 4.78 is 5.47. The largest absolute Gasteiger partial charge is 0.380 e. The number of aromatic nitrogens is 3. The smallest absolute Gasteiger partial charge is 0.267 e. The summed E-state index contributed by atoms with van der Waals surface area (Å²) in [4.78, 5) is 31.4. The van der Waals surface area contributed by atoms with Gasteiger partial charge < -0.3 is 20.3 Å². The first kappa shape index (κ1) is 32.4. The summed E-state index contributed by atoms with van der Waals surface area (Å²) in [6, 6.07) is 7.43. The minimum absolute atomic E-state index is 0.256. The van der Waals surface area contributed by atoms with E-state index in [1.807, 2.05) is 66.7 Å².